The molecule has 1 fully saturated rings. The highest BCUT2D eigenvalue weighted by Crippen LogP contribution is 2.43. The minimum Gasteiger partial charge on any atom is -0.271 e. The van der Waals surface area contributed by atoms with E-state index in [1.165, 1.54) is 0 Å². The molecule has 1 aliphatic rings. The number of nitrogens with one attached hydrogen (secondary N) is 1. The van der Waals surface area contributed by atoms with Crippen LogP contribution in [-0.2, 0) is 6.18 Å². The van der Waals surface area contributed by atoms with Crippen molar-refractivity contribution in [3.05, 3.63) is 16.1 Å². The maximum Gasteiger partial charge on any atom is 0.443 e. The largest absolute Gasteiger partial charge is 0.443 e. The van der Waals surface area contributed by atoms with Gasteiger partial charge in [0.1, 0.15) is 0 Å². The lowest BCUT2D eigenvalue weighted by atomic mass is 9.82. The monoisotopic (exact) mass is 315 g/mol. The van der Waals surface area contributed by atoms with Crippen LogP contribution in [0.4, 0.5) is 22.0 Å². The Morgan fingerprint density at radius 3 is 2.40 bits per heavy atom. The van der Waals surface area contributed by atoms with Gasteiger partial charge in [0.25, 0.3) is 0 Å². The number of hydrazine groups is 1. The first-order valence-electron chi connectivity index (χ1n) is 6.10. The molecule has 1 aromatic heterocycles. The molecule has 1 aromatic rings. The van der Waals surface area contributed by atoms with Gasteiger partial charge in [0.2, 0.25) is 5.92 Å². The molecule has 3 nitrogen and oxygen atoms in total. The van der Waals surface area contributed by atoms with E-state index in [1.54, 1.807) is 0 Å². The van der Waals surface area contributed by atoms with Crippen molar-refractivity contribution in [1.82, 2.24) is 10.4 Å². The van der Waals surface area contributed by atoms with Crippen molar-refractivity contribution in [3.63, 3.8) is 0 Å². The van der Waals surface area contributed by atoms with Gasteiger partial charge in [-0.05, 0) is 18.8 Å². The molecule has 3 N–H and O–H groups in total. The number of halogens is 5. The molecule has 0 aliphatic heterocycles. The Morgan fingerprint density at radius 2 is 1.95 bits per heavy atom. The number of hydrogen-bond donors (Lipinski definition) is 2. The zero-order valence-corrected chi connectivity index (χ0v) is 11.2. The molecule has 1 aliphatic carbocycles. The lowest BCUT2D eigenvalue weighted by Crippen LogP contribution is -2.37. The SMILES string of the molecule is NNC(c1cnc(C(F)(F)F)s1)C1CCC(F)(F)CC1. The summed E-state index contributed by atoms with van der Waals surface area (Å²) in [6.45, 7) is 0. The third kappa shape index (κ3) is 3.44. The molecule has 0 saturated heterocycles. The van der Waals surface area contributed by atoms with Crippen LogP contribution in [0.3, 0.4) is 0 Å². The second kappa shape index (κ2) is 5.53. The summed E-state index contributed by atoms with van der Waals surface area (Å²) in [6.07, 6.45) is -3.46. The molecule has 0 aromatic carbocycles. The van der Waals surface area contributed by atoms with Gasteiger partial charge < -0.3 is 0 Å². The third-order valence-electron chi connectivity index (χ3n) is 3.49. The molecular weight excluding hydrogens is 301 g/mol. The maximum atomic E-state index is 13.1. The molecule has 2 rings (SSSR count). The summed E-state index contributed by atoms with van der Waals surface area (Å²) >= 11 is 0.500. The fraction of sp³-hybridized carbons (Fsp3) is 0.727. The van der Waals surface area contributed by atoms with Crippen molar-refractivity contribution >= 4 is 11.3 Å². The highest BCUT2D eigenvalue weighted by atomic mass is 32.1. The predicted molar refractivity (Wildman–Crippen MR) is 64.1 cm³/mol. The Kier molecular flexibility index (Phi) is 4.31. The summed E-state index contributed by atoms with van der Waals surface area (Å²) in [5, 5.41) is -0.950. The van der Waals surface area contributed by atoms with Crippen LogP contribution >= 0.6 is 11.3 Å². The molecule has 0 spiro atoms. The first kappa shape index (κ1) is 15.6. The molecule has 0 amide bonds. The number of hydrogen-bond acceptors (Lipinski definition) is 4. The van der Waals surface area contributed by atoms with Gasteiger partial charge in [-0.15, -0.1) is 11.3 Å². The number of alkyl halides is 5. The molecule has 20 heavy (non-hydrogen) atoms. The predicted octanol–water partition coefficient (Wildman–Crippen LogP) is 3.49. The Balaban J connectivity index is 2.11. The number of aromatic nitrogens is 1. The van der Waals surface area contributed by atoms with Crippen LogP contribution in [-0.4, -0.2) is 10.9 Å². The van der Waals surface area contributed by atoms with E-state index in [0.29, 0.717) is 16.2 Å². The van der Waals surface area contributed by atoms with E-state index in [-0.39, 0.29) is 31.6 Å². The van der Waals surface area contributed by atoms with Crippen molar-refractivity contribution in [2.24, 2.45) is 11.8 Å². The van der Waals surface area contributed by atoms with Crippen molar-refractivity contribution < 1.29 is 22.0 Å². The normalized spacial score (nSPS) is 21.9. The van der Waals surface area contributed by atoms with Gasteiger partial charge in [-0.2, -0.15) is 13.2 Å². The van der Waals surface area contributed by atoms with Gasteiger partial charge in [-0.3, -0.25) is 11.3 Å². The summed E-state index contributed by atoms with van der Waals surface area (Å²) in [6, 6.07) is -0.570. The fourth-order valence-electron chi connectivity index (χ4n) is 2.41. The summed E-state index contributed by atoms with van der Waals surface area (Å²) < 4.78 is 63.7. The van der Waals surface area contributed by atoms with Crippen LogP contribution in [0.15, 0.2) is 6.20 Å². The van der Waals surface area contributed by atoms with Gasteiger partial charge in [-0.1, -0.05) is 0 Å². The van der Waals surface area contributed by atoms with Gasteiger partial charge in [-0.25, -0.2) is 13.8 Å². The minimum atomic E-state index is -4.50. The first-order chi connectivity index (χ1) is 9.23. The van der Waals surface area contributed by atoms with Crippen LogP contribution in [0.1, 0.15) is 41.6 Å². The number of nitrogens with two attached hydrogens (primary N) is 1. The van der Waals surface area contributed by atoms with Crippen molar-refractivity contribution in [2.75, 3.05) is 0 Å². The number of thiazole rings is 1. The summed E-state index contributed by atoms with van der Waals surface area (Å²) in [5.74, 6) is 2.49. The lowest BCUT2D eigenvalue weighted by molar-refractivity contribution is -0.137. The van der Waals surface area contributed by atoms with Gasteiger partial charge in [0.15, 0.2) is 5.01 Å². The average molecular weight is 315 g/mol. The lowest BCUT2D eigenvalue weighted by Gasteiger charge is -2.32. The van der Waals surface area contributed by atoms with E-state index in [1.807, 2.05) is 0 Å². The highest BCUT2D eigenvalue weighted by molar-refractivity contribution is 7.11. The van der Waals surface area contributed by atoms with Crippen molar-refractivity contribution in [2.45, 2.75) is 43.8 Å². The molecular formula is C11H14F5N3S. The van der Waals surface area contributed by atoms with E-state index in [4.69, 9.17) is 5.84 Å². The minimum absolute atomic E-state index is 0.207. The summed E-state index contributed by atoms with van der Waals surface area (Å²) in [7, 11) is 0. The molecule has 114 valence electrons. The van der Waals surface area contributed by atoms with E-state index in [9.17, 15) is 22.0 Å². The summed E-state index contributed by atoms with van der Waals surface area (Å²) in [4.78, 5) is 3.66. The van der Waals surface area contributed by atoms with E-state index in [2.05, 4.69) is 10.4 Å². The maximum absolute atomic E-state index is 13.1. The van der Waals surface area contributed by atoms with Crippen LogP contribution in [0, 0.1) is 5.92 Å². The Hall–Kier alpha value is -0.800. The standard InChI is InChI=1S/C11H14F5N3S/c12-10(13)3-1-6(2-4-10)8(19-17)7-5-18-9(20-7)11(14,15)16/h5-6,8,19H,1-4,17H2. The Bertz CT molecular complexity index is 449. The van der Waals surface area contributed by atoms with Crippen LogP contribution < -0.4 is 11.3 Å². The molecule has 0 radical (unpaired) electrons. The number of nitrogens with zero attached hydrogens (tertiary/aromatic N) is 1. The van der Waals surface area contributed by atoms with E-state index < -0.39 is 23.1 Å². The molecule has 9 heteroatoms. The third-order valence-corrected chi connectivity index (χ3v) is 4.61. The second-order valence-corrected chi connectivity index (χ2v) is 5.97. The zero-order valence-electron chi connectivity index (χ0n) is 10.4. The van der Waals surface area contributed by atoms with E-state index >= 15 is 0 Å². The van der Waals surface area contributed by atoms with Gasteiger partial charge in [0.05, 0.1) is 6.04 Å². The molecule has 1 saturated carbocycles. The zero-order chi connectivity index (χ0) is 15.0. The van der Waals surface area contributed by atoms with Gasteiger partial charge in [0, 0.05) is 23.9 Å². The highest BCUT2D eigenvalue weighted by Gasteiger charge is 2.40. The number of rotatable bonds is 3. The first-order valence-corrected chi connectivity index (χ1v) is 6.91. The molecule has 0 bridgehead atoms. The van der Waals surface area contributed by atoms with Crippen LogP contribution in [0.25, 0.3) is 0 Å². The topological polar surface area (TPSA) is 50.9 Å². The Labute approximate surface area is 116 Å². The quantitative estimate of drug-likeness (QED) is 0.510. The molecule has 1 unspecified atom stereocenters. The van der Waals surface area contributed by atoms with Crippen LogP contribution in [0.5, 0.6) is 0 Å². The van der Waals surface area contributed by atoms with Crippen LogP contribution in [0.2, 0.25) is 0 Å². The fourth-order valence-corrected chi connectivity index (χ4v) is 3.35. The molecule has 1 atom stereocenters. The Morgan fingerprint density at radius 1 is 1.35 bits per heavy atom. The molecule has 1 heterocycles. The van der Waals surface area contributed by atoms with Crippen molar-refractivity contribution in [1.29, 1.82) is 0 Å². The smallest absolute Gasteiger partial charge is 0.271 e. The second-order valence-electron chi connectivity index (χ2n) is 4.90. The van der Waals surface area contributed by atoms with Crippen molar-refractivity contribution in [3.8, 4) is 0 Å². The average Bonchev–Trinajstić information content (AvgIpc) is 2.81. The van der Waals surface area contributed by atoms with E-state index in [0.717, 1.165) is 6.20 Å². The summed E-state index contributed by atoms with van der Waals surface area (Å²) in [5.41, 5.74) is 2.44. The van der Waals surface area contributed by atoms with Gasteiger partial charge >= 0.3 is 6.18 Å².